The second-order valence-electron chi connectivity index (χ2n) is 4.71. The Bertz CT molecular complexity index is 327. The summed E-state index contributed by atoms with van der Waals surface area (Å²) >= 11 is 1.79. The van der Waals surface area contributed by atoms with Crippen molar-refractivity contribution < 1.29 is 0 Å². The Morgan fingerprint density at radius 3 is 2.69 bits per heavy atom. The van der Waals surface area contributed by atoms with E-state index >= 15 is 0 Å². The summed E-state index contributed by atoms with van der Waals surface area (Å²) in [5, 5.41) is 3.47. The molecule has 1 aliphatic heterocycles. The predicted octanol–water partition coefficient (Wildman–Crippen LogP) is 1.68. The van der Waals surface area contributed by atoms with Gasteiger partial charge < -0.3 is 5.32 Å². The highest BCUT2D eigenvalue weighted by molar-refractivity contribution is 7.09. The van der Waals surface area contributed by atoms with Gasteiger partial charge in [0.05, 0.1) is 11.2 Å². The van der Waals surface area contributed by atoms with E-state index in [1.165, 1.54) is 10.6 Å². The van der Waals surface area contributed by atoms with E-state index in [1.807, 2.05) is 5.51 Å². The van der Waals surface area contributed by atoms with Crippen molar-refractivity contribution in [2.45, 2.75) is 39.3 Å². The van der Waals surface area contributed by atoms with Crippen molar-refractivity contribution in [3.05, 3.63) is 16.1 Å². The van der Waals surface area contributed by atoms with Crippen LogP contribution in [0.5, 0.6) is 0 Å². The largest absolute Gasteiger partial charge is 0.314 e. The fraction of sp³-hybridized carbons (Fsp3) is 0.750. The van der Waals surface area contributed by atoms with Gasteiger partial charge >= 0.3 is 0 Å². The quantitative estimate of drug-likeness (QED) is 0.870. The van der Waals surface area contributed by atoms with Crippen LogP contribution in [0, 0.1) is 6.92 Å². The molecule has 1 aromatic rings. The first-order valence-corrected chi connectivity index (χ1v) is 6.92. The summed E-state index contributed by atoms with van der Waals surface area (Å²) in [6, 6.07) is 1.30. The number of hydrogen-bond acceptors (Lipinski definition) is 4. The van der Waals surface area contributed by atoms with Crippen LogP contribution in [0.1, 0.15) is 24.4 Å². The minimum atomic E-state index is 0.650. The molecule has 0 bridgehead atoms. The van der Waals surface area contributed by atoms with Gasteiger partial charge in [-0.2, -0.15) is 0 Å². The monoisotopic (exact) mass is 239 g/mol. The molecular formula is C12H21N3S. The molecule has 0 aromatic carbocycles. The summed E-state index contributed by atoms with van der Waals surface area (Å²) in [6.07, 6.45) is 1.14. The SMILES string of the molecule is Cc1ncsc1CCN1C(C)CNCC1C. The van der Waals surface area contributed by atoms with Gasteiger partial charge in [-0.05, 0) is 27.2 Å². The van der Waals surface area contributed by atoms with Gasteiger partial charge in [0.25, 0.3) is 0 Å². The number of aromatic nitrogens is 1. The van der Waals surface area contributed by atoms with Crippen molar-refractivity contribution in [3.8, 4) is 0 Å². The topological polar surface area (TPSA) is 28.2 Å². The molecule has 90 valence electrons. The molecule has 2 unspecified atom stereocenters. The van der Waals surface area contributed by atoms with Gasteiger partial charge in [-0.25, -0.2) is 4.98 Å². The molecule has 2 atom stereocenters. The molecule has 1 N–H and O–H groups in total. The third kappa shape index (κ3) is 2.62. The standard InChI is InChI=1S/C12H21N3S/c1-9-6-13-7-10(2)15(9)5-4-12-11(3)14-8-16-12/h8-10,13H,4-7H2,1-3H3. The molecule has 0 spiro atoms. The number of piperazine rings is 1. The average Bonchev–Trinajstić information content (AvgIpc) is 2.64. The van der Waals surface area contributed by atoms with Gasteiger partial charge in [0.15, 0.2) is 0 Å². The molecule has 2 heterocycles. The van der Waals surface area contributed by atoms with Crippen LogP contribution >= 0.6 is 11.3 Å². The van der Waals surface area contributed by atoms with Crippen LogP contribution in [-0.4, -0.2) is 41.6 Å². The van der Waals surface area contributed by atoms with E-state index in [0.29, 0.717) is 12.1 Å². The zero-order valence-corrected chi connectivity index (χ0v) is 11.2. The van der Waals surface area contributed by atoms with E-state index in [-0.39, 0.29) is 0 Å². The van der Waals surface area contributed by atoms with Crippen molar-refractivity contribution in [2.75, 3.05) is 19.6 Å². The lowest BCUT2D eigenvalue weighted by Gasteiger charge is -2.39. The number of nitrogens with one attached hydrogen (secondary N) is 1. The van der Waals surface area contributed by atoms with Gasteiger partial charge in [-0.1, -0.05) is 0 Å². The fourth-order valence-electron chi connectivity index (χ4n) is 2.41. The molecule has 3 nitrogen and oxygen atoms in total. The zero-order chi connectivity index (χ0) is 11.5. The van der Waals surface area contributed by atoms with E-state index in [9.17, 15) is 0 Å². The van der Waals surface area contributed by atoms with Crippen LogP contribution in [0.15, 0.2) is 5.51 Å². The number of rotatable bonds is 3. The molecule has 16 heavy (non-hydrogen) atoms. The highest BCUT2D eigenvalue weighted by Gasteiger charge is 2.23. The average molecular weight is 239 g/mol. The Balaban J connectivity index is 1.91. The molecule has 4 heteroatoms. The van der Waals surface area contributed by atoms with Gasteiger partial charge in [0.2, 0.25) is 0 Å². The number of nitrogens with zero attached hydrogens (tertiary/aromatic N) is 2. The molecule has 1 saturated heterocycles. The summed E-state index contributed by atoms with van der Waals surface area (Å²) in [4.78, 5) is 8.36. The molecule has 2 rings (SSSR count). The minimum absolute atomic E-state index is 0.650. The van der Waals surface area contributed by atoms with Crippen molar-refractivity contribution in [1.82, 2.24) is 15.2 Å². The second kappa shape index (κ2) is 5.25. The van der Waals surface area contributed by atoms with Crippen LogP contribution in [-0.2, 0) is 6.42 Å². The molecule has 0 saturated carbocycles. The molecule has 1 aromatic heterocycles. The van der Waals surface area contributed by atoms with Crippen LogP contribution < -0.4 is 5.32 Å². The smallest absolute Gasteiger partial charge is 0.0797 e. The summed E-state index contributed by atoms with van der Waals surface area (Å²) in [6.45, 7) is 10.1. The lowest BCUT2D eigenvalue weighted by atomic mass is 10.1. The molecule has 1 aliphatic rings. The lowest BCUT2D eigenvalue weighted by molar-refractivity contribution is 0.119. The Hall–Kier alpha value is -0.450. The first-order valence-electron chi connectivity index (χ1n) is 6.04. The van der Waals surface area contributed by atoms with E-state index in [1.54, 1.807) is 11.3 Å². The van der Waals surface area contributed by atoms with Gasteiger partial charge in [0, 0.05) is 36.6 Å². The maximum atomic E-state index is 4.31. The van der Waals surface area contributed by atoms with Gasteiger partial charge in [-0.3, -0.25) is 4.90 Å². The van der Waals surface area contributed by atoms with Crippen LogP contribution in [0.2, 0.25) is 0 Å². The Morgan fingerprint density at radius 1 is 1.44 bits per heavy atom. The third-order valence-corrected chi connectivity index (χ3v) is 4.45. The first kappa shape index (κ1) is 12.0. The summed E-state index contributed by atoms with van der Waals surface area (Å²) in [7, 11) is 0. The lowest BCUT2D eigenvalue weighted by Crippen LogP contribution is -2.55. The Morgan fingerprint density at radius 2 is 2.12 bits per heavy atom. The number of thiazole rings is 1. The Kier molecular flexibility index (Phi) is 3.95. The third-order valence-electron chi connectivity index (χ3n) is 3.45. The van der Waals surface area contributed by atoms with Crippen LogP contribution in [0.3, 0.4) is 0 Å². The zero-order valence-electron chi connectivity index (χ0n) is 10.4. The normalized spacial score (nSPS) is 27.2. The second-order valence-corrected chi connectivity index (χ2v) is 5.64. The summed E-state index contributed by atoms with van der Waals surface area (Å²) in [5.41, 5.74) is 3.16. The van der Waals surface area contributed by atoms with Crippen molar-refractivity contribution in [3.63, 3.8) is 0 Å². The van der Waals surface area contributed by atoms with Gasteiger partial charge in [-0.15, -0.1) is 11.3 Å². The van der Waals surface area contributed by atoms with Crippen molar-refractivity contribution >= 4 is 11.3 Å². The first-order chi connectivity index (χ1) is 7.68. The Labute approximate surface area is 102 Å². The van der Waals surface area contributed by atoms with Crippen LogP contribution in [0.4, 0.5) is 0 Å². The van der Waals surface area contributed by atoms with Crippen LogP contribution in [0.25, 0.3) is 0 Å². The number of aryl methyl sites for hydroxylation is 1. The van der Waals surface area contributed by atoms with Gasteiger partial charge in [0.1, 0.15) is 0 Å². The molecule has 0 radical (unpaired) electrons. The molecule has 0 aliphatic carbocycles. The van der Waals surface area contributed by atoms with Crippen molar-refractivity contribution in [1.29, 1.82) is 0 Å². The van der Waals surface area contributed by atoms with E-state index in [2.05, 4.69) is 36.0 Å². The maximum Gasteiger partial charge on any atom is 0.0797 e. The van der Waals surface area contributed by atoms with E-state index < -0.39 is 0 Å². The summed E-state index contributed by atoms with van der Waals surface area (Å²) < 4.78 is 0. The molecule has 1 fully saturated rings. The van der Waals surface area contributed by atoms with Crippen molar-refractivity contribution in [2.24, 2.45) is 0 Å². The predicted molar refractivity (Wildman–Crippen MR) is 69.1 cm³/mol. The highest BCUT2D eigenvalue weighted by Crippen LogP contribution is 2.16. The van der Waals surface area contributed by atoms with E-state index in [0.717, 1.165) is 26.1 Å². The molecular weight excluding hydrogens is 218 g/mol. The summed E-state index contributed by atoms with van der Waals surface area (Å²) in [5.74, 6) is 0. The van der Waals surface area contributed by atoms with E-state index in [4.69, 9.17) is 0 Å². The fourth-order valence-corrected chi connectivity index (χ4v) is 3.18. The minimum Gasteiger partial charge on any atom is -0.314 e. The number of hydrogen-bond donors (Lipinski definition) is 1. The maximum absolute atomic E-state index is 4.31. The highest BCUT2D eigenvalue weighted by atomic mass is 32.1. The molecule has 0 amide bonds.